The molecule has 0 saturated carbocycles. The molecule has 0 saturated heterocycles. The summed E-state index contributed by atoms with van der Waals surface area (Å²) < 4.78 is 1.53. The molecule has 122 valence electrons. The van der Waals surface area contributed by atoms with Gasteiger partial charge in [0, 0.05) is 24.6 Å². The maximum Gasteiger partial charge on any atom is 0.293 e. The number of nitrogens with one attached hydrogen (secondary N) is 2. The Morgan fingerprint density at radius 3 is 2.48 bits per heavy atom. The molecule has 0 unspecified atom stereocenters. The third-order valence-electron chi connectivity index (χ3n) is 3.61. The van der Waals surface area contributed by atoms with E-state index >= 15 is 0 Å². The van der Waals surface area contributed by atoms with Gasteiger partial charge in [0.25, 0.3) is 5.56 Å². The van der Waals surface area contributed by atoms with Crippen LogP contribution in [-0.2, 0) is 11.3 Å². The van der Waals surface area contributed by atoms with Crippen molar-refractivity contribution in [2.75, 3.05) is 17.2 Å². The molecule has 1 heterocycles. The van der Waals surface area contributed by atoms with Crippen LogP contribution in [0.5, 0.6) is 0 Å². The summed E-state index contributed by atoms with van der Waals surface area (Å²) in [6, 6.07) is 4.05. The molecule has 6 heteroatoms. The van der Waals surface area contributed by atoms with Crippen LogP contribution in [0.2, 0.25) is 0 Å². The highest BCUT2D eigenvalue weighted by Crippen LogP contribution is 2.21. The first kappa shape index (κ1) is 16.7. The maximum absolute atomic E-state index is 12.1. The van der Waals surface area contributed by atoms with Crippen LogP contribution in [0, 0.1) is 20.8 Å². The fourth-order valence-electron chi connectivity index (χ4n) is 2.54. The van der Waals surface area contributed by atoms with Crippen LogP contribution in [0.1, 0.15) is 23.6 Å². The highest BCUT2D eigenvalue weighted by molar-refractivity contribution is 5.95. The van der Waals surface area contributed by atoms with Gasteiger partial charge in [-0.2, -0.15) is 0 Å². The normalized spacial score (nSPS) is 10.4. The lowest BCUT2D eigenvalue weighted by molar-refractivity contribution is -0.114. The number of aromatic nitrogens is 2. The molecule has 1 aromatic heterocycles. The largest absolute Gasteiger partial charge is 0.356 e. The Kier molecular flexibility index (Phi) is 5.16. The van der Waals surface area contributed by atoms with E-state index in [0.29, 0.717) is 6.54 Å². The van der Waals surface area contributed by atoms with Crippen LogP contribution in [-0.4, -0.2) is 22.0 Å². The summed E-state index contributed by atoms with van der Waals surface area (Å²) in [7, 11) is 0. The monoisotopic (exact) mass is 314 g/mol. The molecule has 0 spiro atoms. The minimum absolute atomic E-state index is 0.0112. The highest BCUT2D eigenvalue weighted by Gasteiger charge is 2.10. The lowest BCUT2D eigenvalue weighted by atomic mass is 10.1. The molecular formula is C17H22N4O2. The van der Waals surface area contributed by atoms with E-state index in [2.05, 4.69) is 15.6 Å². The molecule has 0 atom stereocenters. The van der Waals surface area contributed by atoms with Crippen molar-refractivity contribution in [3.8, 4) is 0 Å². The van der Waals surface area contributed by atoms with Gasteiger partial charge in [0.2, 0.25) is 5.91 Å². The molecule has 2 N–H and O–H groups in total. The molecule has 0 fully saturated rings. The summed E-state index contributed by atoms with van der Waals surface area (Å²) in [5, 5.41) is 5.69. The highest BCUT2D eigenvalue weighted by atomic mass is 16.2. The Morgan fingerprint density at radius 2 is 1.87 bits per heavy atom. The zero-order valence-corrected chi connectivity index (χ0v) is 13.9. The number of aryl methyl sites for hydroxylation is 4. The van der Waals surface area contributed by atoms with Gasteiger partial charge in [-0.25, -0.2) is 4.98 Å². The third kappa shape index (κ3) is 3.97. The molecule has 0 aliphatic heterocycles. The lowest BCUT2D eigenvalue weighted by Gasteiger charge is -2.13. The fraction of sp³-hybridized carbons (Fsp3) is 0.353. The predicted molar refractivity (Wildman–Crippen MR) is 91.9 cm³/mol. The first-order valence-corrected chi connectivity index (χ1v) is 7.59. The van der Waals surface area contributed by atoms with Crippen LogP contribution >= 0.6 is 0 Å². The van der Waals surface area contributed by atoms with Crippen LogP contribution in [0.3, 0.4) is 0 Å². The second kappa shape index (κ2) is 7.09. The van der Waals surface area contributed by atoms with Crippen molar-refractivity contribution >= 4 is 17.4 Å². The number of hydrogen-bond acceptors (Lipinski definition) is 4. The van der Waals surface area contributed by atoms with Crippen LogP contribution < -0.4 is 16.2 Å². The molecular weight excluding hydrogens is 292 g/mol. The molecule has 1 aromatic carbocycles. The minimum Gasteiger partial charge on any atom is -0.356 e. The van der Waals surface area contributed by atoms with Crippen LogP contribution in [0.4, 0.5) is 11.5 Å². The van der Waals surface area contributed by atoms with Crippen molar-refractivity contribution in [2.24, 2.45) is 0 Å². The number of rotatable bonds is 5. The van der Waals surface area contributed by atoms with Gasteiger partial charge in [-0.15, -0.1) is 0 Å². The number of carbonyl (C=O) groups excluding carboxylic acids is 1. The Hall–Kier alpha value is -2.63. The summed E-state index contributed by atoms with van der Waals surface area (Å²) in [5.41, 5.74) is 3.77. The van der Waals surface area contributed by atoms with Gasteiger partial charge in [0.15, 0.2) is 5.82 Å². The standard InChI is InChI=1S/C17H22N4O2/c1-5-21-7-6-18-16(17(21)23)19-10-14(22)20-15-12(3)8-11(2)9-13(15)4/h6-9H,5,10H2,1-4H3,(H,18,19)(H,20,22). The van der Waals surface area contributed by atoms with Gasteiger partial charge in [0.1, 0.15) is 0 Å². The van der Waals surface area contributed by atoms with E-state index in [4.69, 9.17) is 0 Å². The third-order valence-corrected chi connectivity index (χ3v) is 3.61. The Labute approximate surface area is 135 Å². The van der Waals surface area contributed by atoms with Gasteiger partial charge in [0.05, 0.1) is 6.54 Å². The van der Waals surface area contributed by atoms with Gasteiger partial charge < -0.3 is 15.2 Å². The van der Waals surface area contributed by atoms with Crippen molar-refractivity contribution in [2.45, 2.75) is 34.2 Å². The van der Waals surface area contributed by atoms with E-state index in [-0.39, 0.29) is 23.8 Å². The average Bonchev–Trinajstić information content (AvgIpc) is 2.50. The van der Waals surface area contributed by atoms with E-state index in [9.17, 15) is 9.59 Å². The fourth-order valence-corrected chi connectivity index (χ4v) is 2.54. The summed E-state index contributed by atoms with van der Waals surface area (Å²) in [6.07, 6.45) is 3.16. The second-order valence-electron chi connectivity index (χ2n) is 5.54. The van der Waals surface area contributed by atoms with Crippen LogP contribution in [0.25, 0.3) is 0 Å². The second-order valence-corrected chi connectivity index (χ2v) is 5.54. The van der Waals surface area contributed by atoms with E-state index < -0.39 is 0 Å². The van der Waals surface area contributed by atoms with Crippen LogP contribution in [0.15, 0.2) is 29.3 Å². The maximum atomic E-state index is 12.1. The molecule has 2 rings (SSSR count). The first-order chi connectivity index (χ1) is 10.9. The van der Waals surface area contributed by atoms with Crippen molar-refractivity contribution in [3.63, 3.8) is 0 Å². The molecule has 2 aromatic rings. The first-order valence-electron chi connectivity index (χ1n) is 7.59. The summed E-state index contributed by atoms with van der Waals surface area (Å²) in [5.74, 6) is -0.0324. The van der Waals surface area contributed by atoms with Crippen molar-refractivity contribution in [1.29, 1.82) is 0 Å². The van der Waals surface area contributed by atoms with E-state index in [1.54, 1.807) is 12.4 Å². The summed E-state index contributed by atoms with van der Waals surface area (Å²) in [4.78, 5) is 28.1. The van der Waals surface area contributed by atoms with E-state index in [0.717, 1.165) is 22.4 Å². The Balaban J connectivity index is 2.06. The number of amides is 1. The quantitative estimate of drug-likeness (QED) is 0.887. The number of anilines is 2. The van der Waals surface area contributed by atoms with E-state index in [1.807, 2.05) is 39.8 Å². The zero-order valence-electron chi connectivity index (χ0n) is 13.9. The van der Waals surface area contributed by atoms with Crippen molar-refractivity contribution in [1.82, 2.24) is 9.55 Å². The molecule has 0 bridgehead atoms. The van der Waals surface area contributed by atoms with Gasteiger partial charge in [-0.1, -0.05) is 17.7 Å². The zero-order chi connectivity index (χ0) is 17.0. The molecule has 0 aliphatic carbocycles. The summed E-state index contributed by atoms with van der Waals surface area (Å²) >= 11 is 0. The topological polar surface area (TPSA) is 76.0 Å². The summed E-state index contributed by atoms with van der Waals surface area (Å²) in [6.45, 7) is 8.37. The van der Waals surface area contributed by atoms with E-state index in [1.165, 1.54) is 4.57 Å². The average molecular weight is 314 g/mol. The molecule has 0 radical (unpaired) electrons. The number of benzene rings is 1. The van der Waals surface area contributed by atoms with Gasteiger partial charge in [-0.3, -0.25) is 9.59 Å². The smallest absolute Gasteiger partial charge is 0.293 e. The number of hydrogen-bond donors (Lipinski definition) is 2. The molecule has 23 heavy (non-hydrogen) atoms. The number of carbonyl (C=O) groups is 1. The lowest BCUT2D eigenvalue weighted by Crippen LogP contribution is -2.28. The Morgan fingerprint density at radius 1 is 1.22 bits per heavy atom. The molecule has 6 nitrogen and oxygen atoms in total. The molecule has 0 aliphatic rings. The number of nitrogens with zero attached hydrogens (tertiary/aromatic N) is 2. The van der Waals surface area contributed by atoms with Crippen molar-refractivity contribution < 1.29 is 4.79 Å². The van der Waals surface area contributed by atoms with Gasteiger partial charge in [-0.05, 0) is 38.8 Å². The van der Waals surface area contributed by atoms with Gasteiger partial charge >= 0.3 is 0 Å². The SMILES string of the molecule is CCn1ccnc(NCC(=O)Nc2c(C)cc(C)cc2C)c1=O. The minimum atomic E-state index is -0.231. The predicted octanol–water partition coefficient (Wildman–Crippen LogP) is 2.24. The molecule has 1 amide bonds. The Bertz CT molecular complexity index is 757. The van der Waals surface area contributed by atoms with Crippen molar-refractivity contribution in [3.05, 3.63) is 51.6 Å².